The van der Waals surface area contributed by atoms with Crippen LogP contribution >= 0.6 is 81.4 Å². The van der Waals surface area contributed by atoms with Gasteiger partial charge >= 0.3 is 0 Å². The fraction of sp³-hybridized carbons (Fsp3) is 0.786. The summed E-state index contributed by atoms with van der Waals surface area (Å²) in [5.74, 6) is 5.57. The number of alkyl halides is 6. The molecule has 0 aromatic carbocycles. The van der Waals surface area contributed by atoms with Crippen molar-refractivity contribution in [1.29, 1.82) is 0 Å². The van der Waals surface area contributed by atoms with Crippen LogP contribution in [0.3, 0.4) is 0 Å². The van der Waals surface area contributed by atoms with Crippen LogP contribution in [0.4, 0.5) is 0 Å². The van der Waals surface area contributed by atoms with Gasteiger partial charge in [0.1, 0.15) is 5.69 Å². The fourth-order valence-corrected chi connectivity index (χ4v) is 4.78. The average Bonchev–Trinajstić information content (AvgIpc) is 2.58. The van der Waals surface area contributed by atoms with Crippen LogP contribution in [0.1, 0.15) is 26.5 Å². The first-order valence-corrected chi connectivity index (χ1v) is 11.3. The molecule has 0 aliphatic heterocycles. The first kappa shape index (κ1) is 24.7. The van der Waals surface area contributed by atoms with E-state index < -0.39 is 32.3 Å². The molecule has 1 fully saturated rings. The van der Waals surface area contributed by atoms with Gasteiger partial charge in [-0.3, -0.25) is 4.79 Å². The zero-order valence-corrected chi connectivity index (χ0v) is 19.8. The molecule has 150 valence electrons. The molecule has 0 unspecified atom stereocenters. The van der Waals surface area contributed by atoms with Crippen LogP contribution in [0.15, 0.2) is 9.95 Å². The van der Waals surface area contributed by atoms with Gasteiger partial charge in [-0.1, -0.05) is 32.5 Å². The molecule has 1 aliphatic rings. The number of aromatic nitrogens is 3. The van der Waals surface area contributed by atoms with E-state index in [-0.39, 0.29) is 11.0 Å². The third-order valence-corrected chi connectivity index (χ3v) is 8.26. The minimum atomic E-state index is -0.437. The maximum absolute atomic E-state index is 11.7. The van der Waals surface area contributed by atoms with E-state index in [0.717, 1.165) is 4.68 Å². The first-order valence-electron chi connectivity index (χ1n) is 7.48. The predicted octanol–water partition coefficient (Wildman–Crippen LogP) is 4.02. The average molecular weight is 505 g/mol. The highest BCUT2D eigenvalue weighted by Gasteiger charge is 2.46. The lowest BCUT2D eigenvalue weighted by Crippen LogP contribution is -2.52. The molecule has 0 saturated heterocycles. The Hall–Kier alpha value is 0.700. The van der Waals surface area contributed by atoms with Crippen molar-refractivity contribution in [3.8, 4) is 0 Å². The van der Waals surface area contributed by atoms with E-state index in [1.54, 1.807) is 6.26 Å². The highest BCUT2D eigenvalue weighted by Crippen LogP contribution is 2.39. The molecule has 26 heavy (non-hydrogen) atoms. The van der Waals surface area contributed by atoms with E-state index in [1.807, 2.05) is 20.8 Å². The molecule has 2 rings (SSSR count). The number of halogens is 6. The molecule has 1 aromatic heterocycles. The van der Waals surface area contributed by atoms with Gasteiger partial charge in [-0.15, -0.1) is 79.8 Å². The summed E-state index contributed by atoms with van der Waals surface area (Å²) in [6, 6.07) is 0. The smallest absolute Gasteiger partial charge is 0.295 e. The topological polar surface area (TPSA) is 73.8 Å². The lowest BCUT2D eigenvalue weighted by atomic mass is 9.93. The number of nitrogens with zero attached hydrogens (tertiary/aromatic N) is 3. The van der Waals surface area contributed by atoms with Crippen molar-refractivity contribution >= 4 is 81.4 Å². The third-order valence-electron chi connectivity index (χ3n) is 3.58. The SMILES string of the molecule is CSc1nnc(C(C)(C)C)c(=O)n1N.ClC1C(Cl)C(Cl)C(Cl)C(Cl)C1Cl. The van der Waals surface area contributed by atoms with Crippen LogP contribution in [0.2, 0.25) is 0 Å². The lowest BCUT2D eigenvalue weighted by molar-refractivity contribution is 0.520. The van der Waals surface area contributed by atoms with Crippen molar-refractivity contribution in [2.75, 3.05) is 12.1 Å². The maximum atomic E-state index is 11.7. The highest BCUT2D eigenvalue weighted by molar-refractivity contribution is 7.98. The quantitative estimate of drug-likeness (QED) is 0.355. The summed E-state index contributed by atoms with van der Waals surface area (Å²) in [4.78, 5) is 11.7. The van der Waals surface area contributed by atoms with Gasteiger partial charge in [0, 0.05) is 5.41 Å². The Labute approximate surface area is 187 Å². The van der Waals surface area contributed by atoms with E-state index in [0.29, 0.717) is 10.9 Å². The van der Waals surface area contributed by atoms with Crippen LogP contribution in [0.5, 0.6) is 0 Å². The normalized spacial score (nSPS) is 31.9. The van der Waals surface area contributed by atoms with Gasteiger partial charge in [-0.05, 0) is 6.26 Å². The van der Waals surface area contributed by atoms with Gasteiger partial charge in [-0.2, -0.15) is 4.68 Å². The molecule has 12 heteroatoms. The third kappa shape index (κ3) is 5.62. The van der Waals surface area contributed by atoms with Crippen molar-refractivity contribution in [1.82, 2.24) is 14.9 Å². The molecule has 0 amide bonds. The Morgan fingerprint density at radius 2 is 1.23 bits per heavy atom. The summed E-state index contributed by atoms with van der Waals surface area (Å²) in [7, 11) is 0. The number of hydrogen-bond donors (Lipinski definition) is 1. The fourth-order valence-electron chi connectivity index (χ4n) is 2.05. The van der Waals surface area contributed by atoms with Crippen LogP contribution in [0, 0.1) is 0 Å². The molecular formula is C14H20Cl6N4OS. The second-order valence-corrected chi connectivity index (χ2v) is 10.4. The number of nitrogen functional groups attached to an aromatic ring is 1. The summed E-state index contributed by atoms with van der Waals surface area (Å²) in [6.45, 7) is 5.70. The minimum absolute atomic E-state index is 0.281. The molecule has 0 spiro atoms. The number of nitrogens with two attached hydrogens (primary N) is 1. The monoisotopic (exact) mass is 502 g/mol. The standard InChI is InChI=1S/C8H14N4OS.C6H6Cl6/c1-8(2,3)5-6(13)12(9)7(14-4)11-10-5;7-1-2(8)4(10)6(12)5(11)3(1)9/h9H2,1-4H3;1-6H. The van der Waals surface area contributed by atoms with Gasteiger partial charge in [0.2, 0.25) is 5.16 Å². The van der Waals surface area contributed by atoms with Crippen molar-refractivity contribution in [2.24, 2.45) is 0 Å². The zero-order valence-electron chi connectivity index (χ0n) is 14.5. The van der Waals surface area contributed by atoms with Gasteiger partial charge in [-0.25, -0.2) is 0 Å². The van der Waals surface area contributed by atoms with Crippen molar-refractivity contribution in [2.45, 2.75) is 63.6 Å². The summed E-state index contributed by atoms with van der Waals surface area (Å²) >= 11 is 36.6. The molecule has 0 bridgehead atoms. The minimum Gasteiger partial charge on any atom is -0.334 e. The number of rotatable bonds is 1. The van der Waals surface area contributed by atoms with Gasteiger partial charge < -0.3 is 5.84 Å². The van der Waals surface area contributed by atoms with E-state index >= 15 is 0 Å². The Bertz CT molecular complexity index is 611. The van der Waals surface area contributed by atoms with E-state index in [2.05, 4.69) is 10.2 Å². The largest absolute Gasteiger partial charge is 0.334 e. The second kappa shape index (κ2) is 9.95. The van der Waals surface area contributed by atoms with E-state index in [1.165, 1.54) is 11.8 Å². The maximum Gasteiger partial charge on any atom is 0.295 e. The Kier molecular flexibility index (Phi) is 9.47. The van der Waals surface area contributed by atoms with Gasteiger partial charge in [0.25, 0.3) is 5.56 Å². The van der Waals surface area contributed by atoms with Crippen LogP contribution in [-0.2, 0) is 5.41 Å². The summed E-state index contributed by atoms with van der Waals surface area (Å²) in [5, 5.41) is 5.57. The molecule has 1 aliphatic carbocycles. The predicted molar refractivity (Wildman–Crippen MR) is 115 cm³/mol. The Balaban J connectivity index is 0.000000263. The zero-order chi connectivity index (χ0) is 20.4. The molecule has 2 N–H and O–H groups in total. The van der Waals surface area contributed by atoms with Gasteiger partial charge in [0.05, 0.1) is 32.3 Å². The van der Waals surface area contributed by atoms with Crippen molar-refractivity contribution < 1.29 is 0 Å². The number of hydrogen-bond acceptors (Lipinski definition) is 5. The second-order valence-electron chi connectivity index (χ2n) is 6.63. The molecule has 0 radical (unpaired) electrons. The molecule has 1 aromatic rings. The van der Waals surface area contributed by atoms with Crippen molar-refractivity contribution in [3.05, 3.63) is 16.0 Å². The molecular weight excluding hydrogens is 485 g/mol. The lowest BCUT2D eigenvalue weighted by Gasteiger charge is -2.37. The van der Waals surface area contributed by atoms with Crippen LogP contribution < -0.4 is 11.4 Å². The van der Waals surface area contributed by atoms with E-state index in [9.17, 15) is 4.79 Å². The van der Waals surface area contributed by atoms with Crippen LogP contribution in [0.25, 0.3) is 0 Å². The number of thioether (sulfide) groups is 1. The van der Waals surface area contributed by atoms with E-state index in [4.69, 9.17) is 75.4 Å². The molecule has 1 saturated carbocycles. The summed E-state index contributed by atoms with van der Waals surface area (Å²) in [5.41, 5.74) is -0.225. The summed E-state index contributed by atoms with van der Waals surface area (Å²) < 4.78 is 1.04. The molecule has 1 heterocycles. The van der Waals surface area contributed by atoms with Gasteiger partial charge in [0.15, 0.2) is 0 Å². The van der Waals surface area contributed by atoms with Crippen molar-refractivity contribution in [3.63, 3.8) is 0 Å². The summed E-state index contributed by atoms with van der Waals surface area (Å²) in [6.07, 6.45) is 1.80. The molecule has 5 nitrogen and oxygen atoms in total. The molecule has 0 atom stereocenters. The first-order chi connectivity index (χ1) is 11.8. The Morgan fingerprint density at radius 1 is 0.885 bits per heavy atom. The highest BCUT2D eigenvalue weighted by atomic mass is 35.5. The Morgan fingerprint density at radius 3 is 1.50 bits per heavy atom. The van der Waals surface area contributed by atoms with Crippen LogP contribution in [-0.4, -0.2) is 53.4 Å².